The SMILES string of the molecule is O=C(Nc1ccc2c(c1)OCO2)[C@@H]1[C@@H]2C(=O)N(c3ccc4c(c3)OCO4)C(=O)[C@@H]2[C@@H]2c3ccccc3C=CN12. The first-order valence-corrected chi connectivity index (χ1v) is 12.6. The number of imide groups is 1. The molecule has 0 radical (unpaired) electrons. The second kappa shape index (κ2) is 8.00. The maximum absolute atomic E-state index is 14.0. The van der Waals surface area contributed by atoms with Crippen molar-refractivity contribution in [1.29, 1.82) is 0 Å². The van der Waals surface area contributed by atoms with Crippen LogP contribution < -0.4 is 29.2 Å². The Labute approximate surface area is 222 Å². The highest BCUT2D eigenvalue weighted by molar-refractivity contribution is 6.24. The quantitative estimate of drug-likeness (QED) is 0.522. The molecule has 0 aliphatic carbocycles. The van der Waals surface area contributed by atoms with Crippen molar-refractivity contribution in [3.63, 3.8) is 0 Å². The fraction of sp³-hybridized carbons (Fsp3) is 0.207. The first-order chi connectivity index (χ1) is 19.1. The summed E-state index contributed by atoms with van der Waals surface area (Å²) in [6.45, 7) is 0.194. The number of hydrogen-bond donors (Lipinski definition) is 1. The minimum atomic E-state index is -0.912. The second-order valence-electron chi connectivity index (χ2n) is 9.94. The minimum Gasteiger partial charge on any atom is -0.454 e. The Morgan fingerprint density at radius 3 is 2.31 bits per heavy atom. The standard InChI is InChI=1S/C29H21N3O7/c33-27(30-16-5-7-19-21(11-16)38-13-36-19)26-24-23(25-18-4-2-1-3-15(18)9-10-31(25)26)28(34)32(29(24)35)17-6-8-20-22(12-17)39-14-37-20/h1-12,23-26H,13-14H2,(H,30,33)/t23-,24+,25-,26-/m0/s1. The van der Waals surface area contributed by atoms with Crippen LogP contribution in [0.3, 0.4) is 0 Å². The Bertz CT molecular complexity index is 1620. The van der Waals surface area contributed by atoms with Crippen LogP contribution in [0.15, 0.2) is 66.9 Å². The van der Waals surface area contributed by atoms with E-state index in [1.54, 1.807) is 36.4 Å². The predicted molar refractivity (Wildman–Crippen MR) is 137 cm³/mol. The summed E-state index contributed by atoms with van der Waals surface area (Å²) in [6.07, 6.45) is 3.74. The first-order valence-electron chi connectivity index (χ1n) is 12.6. The molecule has 0 saturated carbocycles. The van der Waals surface area contributed by atoms with Crippen LogP contribution in [0.5, 0.6) is 23.0 Å². The minimum absolute atomic E-state index is 0.0776. The highest BCUT2D eigenvalue weighted by atomic mass is 16.7. The molecule has 3 amide bonds. The third kappa shape index (κ3) is 3.11. The highest BCUT2D eigenvalue weighted by Crippen LogP contribution is 2.53. The van der Waals surface area contributed by atoms with Gasteiger partial charge in [0.2, 0.25) is 31.3 Å². The van der Waals surface area contributed by atoms with Crippen molar-refractivity contribution < 1.29 is 33.3 Å². The number of nitrogens with one attached hydrogen (secondary N) is 1. The summed E-state index contributed by atoms with van der Waals surface area (Å²) in [5.74, 6) is -0.643. The lowest BCUT2D eigenvalue weighted by Gasteiger charge is -2.35. The Hall–Kier alpha value is -4.99. The normalized spacial score (nSPS) is 25.0. The van der Waals surface area contributed by atoms with Gasteiger partial charge in [-0.05, 0) is 41.5 Å². The van der Waals surface area contributed by atoms with Crippen LogP contribution in [-0.2, 0) is 14.4 Å². The Morgan fingerprint density at radius 2 is 1.49 bits per heavy atom. The van der Waals surface area contributed by atoms with Crippen molar-refractivity contribution in [3.05, 3.63) is 78.0 Å². The largest absolute Gasteiger partial charge is 0.454 e. The molecule has 2 fully saturated rings. The molecule has 2 saturated heterocycles. The van der Waals surface area contributed by atoms with E-state index in [1.165, 1.54) is 4.90 Å². The fourth-order valence-electron chi connectivity index (χ4n) is 6.33. The number of carbonyl (C=O) groups is 3. The van der Waals surface area contributed by atoms with E-state index >= 15 is 0 Å². The predicted octanol–water partition coefficient (Wildman–Crippen LogP) is 3.30. The molecule has 0 aromatic heterocycles. The first kappa shape index (κ1) is 22.0. The van der Waals surface area contributed by atoms with Crippen molar-refractivity contribution >= 4 is 35.2 Å². The number of anilines is 2. The van der Waals surface area contributed by atoms with Gasteiger partial charge in [0.1, 0.15) is 6.04 Å². The molecule has 3 aromatic carbocycles. The van der Waals surface area contributed by atoms with E-state index in [0.29, 0.717) is 34.4 Å². The summed E-state index contributed by atoms with van der Waals surface area (Å²) in [5.41, 5.74) is 2.76. The van der Waals surface area contributed by atoms with E-state index in [1.807, 2.05) is 41.4 Å². The molecule has 8 rings (SSSR count). The van der Waals surface area contributed by atoms with Crippen molar-refractivity contribution in [2.24, 2.45) is 11.8 Å². The fourth-order valence-corrected chi connectivity index (χ4v) is 6.33. The molecular formula is C29H21N3O7. The van der Waals surface area contributed by atoms with Crippen LogP contribution in [0.1, 0.15) is 17.2 Å². The monoisotopic (exact) mass is 523 g/mol. The average molecular weight is 524 g/mol. The molecule has 194 valence electrons. The Kier molecular flexibility index (Phi) is 4.52. The summed E-state index contributed by atoms with van der Waals surface area (Å²) in [5, 5.41) is 2.94. The number of carbonyl (C=O) groups excluding carboxylic acids is 3. The molecule has 5 heterocycles. The summed E-state index contributed by atoms with van der Waals surface area (Å²) in [7, 11) is 0. The number of nitrogens with zero attached hydrogens (tertiary/aromatic N) is 2. The maximum atomic E-state index is 14.0. The third-order valence-corrected chi connectivity index (χ3v) is 7.98. The van der Waals surface area contributed by atoms with Gasteiger partial charge in [0, 0.05) is 24.0 Å². The molecule has 0 spiro atoms. The summed E-state index contributed by atoms with van der Waals surface area (Å²) < 4.78 is 21.7. The third-order valence-electron chi connectivity index (χ3n) is 7.98. The highest BCUT2D eigenvalue weighted by Gasteiger charge is 2.64. The summed E-state index contributed by atoms with van der Waals surface area (Å²) in [4.78, 5) is 45.0. The topological polar surface area (TPSA) is 107 Å². The van der Waals surface area contributed by atoms with E-state index in [9.17, 15) is 14.4 Å². The van der Waals surface area contributed by atoms with Gasteiger partial charge in [-0.25, -0.2) is 4.90 Å². The molecule has 5 aliphatic heterocycles. The van der Waals surface area contributed by atoms with Crippen molar-refractivity contribution in [3.8, 4) is 23.0 Å². The zero-order valence-electron chi connectivity index (χ0n) is 20.4. The number of benzene rings is 3. The number of hydrogen-bond acceptors (Lipinski definition) is 8. The molecular weight excluding hydrogens is 502 g/mol. The van der Waals surface area contributed by atoms with E-state index < -0.39 is 29.8 Å². The molecule has 5 aliphatic rings. The van der Waals surface area contributed by atoms with Crippen molar-refractivity contribution in [2.75, 3.05) is 23.8 Å². The van der Waals surface area contributed by atoms with Gasteiger partial charge < -0.3 is 29.2 Å². The lowest BCUT2D eigenvalue weighted by atomic mass is 9.84. The molecule has 4 atom stereocenters. The summed E-state index contributed by atoms with van der Waals surface area (Å²) >= 11 is 0. The van der Waals surface area contributed by atoms with E-state index in [0.717, 1.165) is 11.1 Å². The van der Waals surface area contributed by atoms with Gasteiger partial charge in [0.05, 0.1) is 23.6 Å². The van der Waals surface area contributed by atoms with Crippen molar-refractivity contribution in [1.82, 2.24) is 4.90 Å². The average Bonchev–Trinajstić information content (AvgIpc) is 3.72. The van der Waals surface area contributed by atoms with E-state index in [-0.39, 0.29) is 25.4 Å². The number of amides is 3. The Morgan fingerprint density at radius 1 is 0.795 bits per heavy atom. The van der Waals surface area contributed by atoms with Gasteiger partial charge in [-0.1, -0.05) is 24.3 Å². The molecule has 0 bridgehead atoms. The lowest BCUT2D eigenvalue weighted by molar-refractivity contribution is -0.128. The number of rotatable bonds is 3. The lowest BCUT2D eigenvalue weighted by Crippen LogP contribution is -2.46. The van der Waals surface area contributed by atoms with Crippen LogP contribution in [0.2, 0.25) is 0 Å². The Balaban J connectivity index is 1.20. The van der Waals surface area contributed by atoms with Gasteiger partial charge >= 0.3 is 0 Å². The molecule has 3 aromatic rings. The van der Waals surface area contributed by atoms with Gasteiger partial charge in [-0.3, -0.25) is 14.4 Å². The molecule has 39 heavy (non-hydrogen) atoms. The second-order valence-corrected chi connectivity index (χ2v) is 9.94. The van der Waals surface area contributed by atoms with Crippen LogP contribution in [0.4, 0.5) is 11.4 Å². The van der Waals surface area contributed by atoms with Gasteiger partial charge in [-0.15, -0.1) is 0 Å². The summed E-state index contributed by atoms with van der Waals surface area (Å²) in [6, 6.07) is 16.5. The van der Waals surface area contributed by atoms with Gasteiger partial charge in [0.15, 0.2) is 23.0 Å². The van der Waals surface area contributed by atoms with Crippen LogP contribution in [-0.4, -0.2) is 42.2 Å². The number of fused-ring (bicyclic) bond motifs is 7. The van der Waals surface area contributed by atoms with Crippen molar-refractivity contribution in [2.45, 2.75) is 12.1 Å². The maximum Gasteiger partial charge on any atom is 0.247 e. The smallest absolute Gasteiger partial charge is 0.247 e. The molecule has 10 heteroatoms. The van der Waals surface area contributed by atoms with Gasteiger partial charge in [0.25, 0.3) is 0 Å². The van der Waals surface area contributed by atoms with E-state index in [2.05, 4.69) is 5.32 Å². The molecule has 10 nitrogen and oxygen atoms in total. The zero-order chi connectivity index (χ0) is 26.2. The zero-order valence-corrected chi connectivity index (χ0v) is 20.4. The van der Waals surface area contributed by atoms with Crippen LogP contribution >= 0.6 is 0 Å². The van der Waals surface area contributed by atoms with Crippen LogP contribution in [0.25, 0.3) is 6.08 Å². The molecule has 1 N–H and O–H groups in total. The van der Waals surface area contributed by atoms with Gasteiger partial charge in [-0.2, -0.15) is 0 Å². The molecule has 0 unspecified atom stereocenters. The van der Waals surface area contributed by atoms with E-state index in [4.69, 9.17) is 18.9 Å². The number of ether oxygens (including phenoxy) is 4. The van der Waals surface area contributed by atoms with Crippen LogP contribution in [0, 0.1) is 11.8 Å².